The summed E-state index contributed by atoms with van der Waals surface area (Å²) in [5, 5.41) is 0. The predicted octanol–water partition coefficient (Wildman–Crippen LogP) is 4.41. The fourth-order valence-electron chi connectivity index (χ4n) is 4.55. The van der Waals surface area contributed by atoms with Gasteiger partial charge in [0.2, 0.25) is 0 Å². The van der Waals surface area contributed by atoms with Crippen LogP contribution in [0, 0.1) is 5.92 Å². The molecule has 0 radical (unpaired) electrons. The Morgan fingerprint density at radius 1 is 1.00 bits per heavy atom. The van der Waals surface area contributed by atoms with E-state index >= 15 is 0 Å². The van der Waals surface area contributed by atoms with Crippen molar-refractivity contribution >= 4 is 11.9 Å². The molecule has 0 N–H and O–H groups in total. The number of benzene rings is 1. The zero-order chi connectivity index (χ0) is 25.3. The Bertz CT molecular complexity index is 795. The number of hydrogen-bond donors (Lipinski definition) is 0. The van der Waals surface area contributed by atoms with Crippen LogP contribution in [-0.2, 0) is 39.9 Å². The maximum Gasteiger partial charge on any atom is 0.384 e. The molecule has 0 bridgehead atoms. The van der Waals surface area contributed by atoms with Gasteiger partial charge in [0.05, 0.1) is 25.2 Å². The van der Waals surface area contributed by atoms with Crippen molar-refractivity contribution in [3.05, 3.63) is 35.9 Å². The van der Waals surface area contributed by atoms with Gasteiger partial charge in [-0.05, 0) is 71.8 Å². The lowest BCUT2D eigenvalue weighted by Gasteiger charge is -2.42. The number of ether oxygens (including phenoxy) is 5. The maximum absolute atomic E-state index is 13.6. The van der Waals surface area contributed by atoms with Crippen molar-refractivity contribution in [2.75, 3.05) is 26.5 Å². The summed E-state index contributed by atoms with van der Waals surface area (Å²) in [6.07, 6.45) is 4.21. The van der Waals surface area contributed by atoms with Crippen molar-refractivity contribution in [2.45, 2.75) is 90.4 Å². The number of esters is 2. The van der Waals surface area contributed by atoms with Crippen LogP contribution >= 0.6 is 0 Å². The molecular weight excluding hydrogens is 450 g/mol. The molecule has 1 aliphatic carbocycles. The lowest BCUT2D eigenvalue weighted by Crippen LogP contribution is -2.61. The van der Waals surface area contributed by atoms with Gasteiger partial charge in [-0.15, -0.1) is 0 Å². The summed E-state index contributed by atoms with van der Waals surface area (Å²) in [5.74, 6) is -2.55. The van der Waals surface area contributed by atoms with E-state index in [-0.39, 0.29) is 24.8 Å². The topological polar surface area (TPSA) is 83.5 Å². The third kappa shape index (κ3) is 8.00. The summed E-state index contributed by atoms with van der Waals surface area (Å²) in [5.41, 5.74) is 0.305. The number of nitrogens with zero attached hydrogens (tertiary/aromatic N) is 1. The summed E-state index contributed by atoms with van der Waals surface area (Å²) >= 11 is 0. The quantitative estimate of drug-likeness (QED) is 0.256. The summed E-state index contributed by atoms with van der Waals surface area (Å²) in [7, 11) is 0. The molecule has 0 aromatic heterocycles. The van der Waals surface area contributed by atoms with Gasteiger partial charge < -0.3 is 23.7 Å². The zero-order valence-electron chi connectivity index (χ0n) is 21.6. The second-order valence-electron chi connectivity index (χ2n) is 10.2. The van der Waals surface area contributed by atoms with Crippen molar-refractivity contribution in [2.24, 2.45) is 5.92 Å². The molecule has 1 aromatic carbocycles. The molecule has 2 aliphatic rings. The van der Waals surface area contributed by atoms with Gasteiger partial charge >= 0.3 is 17.8 Å². The first-order chi connectivity index (χ1) is 16.7. The zero-order valence-corrected chi connectivity index (χ0v) is 21.6. The molecule has 1 atom stereocenters. The van der Waals surface area contributed by atoms with Crippen molar-refractivity contribution in [3.63, 3.8) is 0 Å². The van der Waals surface area contributed by atoms with E-state index in [2.05, 4.69) is 0 Å². The lowest BCUT2D eigenvalue weighted by atomic mass is 9.87. The lowest BCUT2D eigenvalue weighted by molar-refractivity contribution is -0.346. The van der Waals surface area contributed by atoms with E-state index < -0.39 is 17.5 Å². The van der Waals surface area contributed by atoms with Crippen LogP contribution in [0.2, 0.25) is 0 Å². The van der Waals surface area contributed by atoms with E-state index in [9.17, 15) is 9.59 Å². The fourth-order valence-corrected chi connectivity index (χ4v) is 4.55. The van der Waals surface area contributed by atoms with E-state index in [1.54, 1.807) is 0 Å². The van der Waals surface area contributed by atoms with Crippen LogP contribution < -0.4 is 0 Å². The number of carbonyl (C=O) groups excluding carboxylic acids is 2. The molecule has 2 fully saturated rings. The van der Waals surface area contributed by atoms with Crippen molar-refractivity contribution < 1.29 is 33.3 Å². The van der Waals surface area contributed by atoms with Crippen molar-refractivity contribution in [1.29, 1.82) is 0 Å². The molecule has 1 saturated heterocycles. The molecule has 1 heterocycles. The van der Waals surface area contributed by atoms with Crippen LogP contribution in [0.1, 0.15) is 71.8 Å². The number of carbonyl (C=O) groups is 2. The molecule has 0 amide bonds. The molecule has 1 unspecified atom stereocenters. The van der Waals surface area contributed by atoms with E-state index in [1.807, 2.05) is 62.9 Å². The van der Waals surface area contributed by atoms with Crippen LogP contribution in [0.5, 0.6) is 0 Å². The number of hydrogen-bond acceptors (Lipinski definition) is 8. The largest absolute Gasteiger partial charge is 0.466 e. The van der Waals surface area contributed by atoms with Crippen LogP contribution in [0.15, 0.2) is 30.3 Å². The third-order valence-electron chi connectivity index (χ3n) is 6.25. The van der Waals surface area contributed by atoms with Gasteiger partial charge in [-0.1, -0.05) is 30.3 Å². The van der Waals surface area contributed by atoms with Gasteiger partial charge in [0.15, 0.2) is 6.79 Å². The van der Waals surface area contributed by atoms with Gasteiger partial charge in [-0.25, -0.2) is 9.69 Å². The van der Waals surface area contributed by atoms with E-state index in [4.69, 9.17) is 23.7 Å². The summed E-state index contributed by atoms with van der Waals surface area (Å²) in [6, 6.07) is 9.79. The van der Waals surface area contributed by atoms with E-state index in [0.29, 0.717) is 52.0 Å². The monoisotopic (exact) mass is 491 g/mol. The first-order valence-corrected chi connectivity index (χ1v) is 12.8. The summed E-state index contributed by atoms with van der Waals surface area (Å²) in [6.45, 7) is 9.24. The second kappa shape index (κ2) is 12.8. The SMILES string of the molecule is CCOC(=O)C1CCC(OC(OCOCc2ccccc2)(C(=O)OC(C)(C)C)N2CCCC2)CC1. The second-order valence-corrected chi connectivity index (χ2v) is 10.2. The Hall–Kier alpha value is -2.00. The Morgan fingerprint density at radius 2 is 1.66 bits per heavy atom. The Morgan fingerprint density at radius 3 is 2.26 bits per heavy atom. The van der Waals surface area contributed by atoms with Crippen molar-refractivity contribution in [3.8, 4) is 0 Å². The van der Waals surface area contributed by atoms with E-state index in [0.717, 1.165) is 18.4 Å². The molecular formula is C27H41NO7. The highest BCUT2D eigenvalue weighted by Gasteiger charge is 2.53. The summed E-state index contributed by atoms with van der Waals surface area (Å²) in [4.78, 5) is 27.7. The predicted molar refractivity (Wildman–Crippen MR) is 130 cm³/mol. The van der Waals surface area contributed by atoms with Gasteiger partial charge in [0.1, 0.15) is 5.60 Å². The Balaban J connectivity index is 1.73. The molecule has 0 spiro atoms. The average Bonchev–Trinajstić information content (AvgIpc) is 3.37. The summed E-state index contributed by atoms with van der Waals surface area (Å²) < 4.78 is 29.5. The minimum absolute atomic E-state index is 0.122. The van der Waals surface area contributed by atoms with Gasteiger partial charge in [-0.3, -0.25) is 4.79 Å². The van der Waals surface area contributed by atoms with Crippen LogP contribution in [-0.4, -0.2) is 60.9 Å². The first-order valence-electron chi connectivity index (χ1n) is 12.8. The third-order valence-corrected chi connectivity index (χ3v) is 6.25. The molecule has 1 saturated carbocycles. The molecule has 1 aliphatic heterocycles. The molecule has 1 aromatic rings. The minimum atomic E-state index is -1.69. The van der Waals surface area contributed by atoms with Crippen molar-refractivity contribution in [1.82, 2.24) is 4.90 Å². The molecule has 3 rings (SSSR count). The fraction of sp³-hybridized carbons (Fsp3) is 0.704. The highest BCUT2D eigenvalue weighted by molar-refractivity contribution is 5.78. The van der Waals surface area contributed by atoms with E-state index in [1.165, 1.54) is 0 Å². The Labute approximate surface area is 209 Å². The number of likely N-dealkylation sites (tertiary alicyclic amines) is 1. The normalized spacial score (nSPS) is 23.0. The molecule has 8 nitrogen and oxygen atoms in total. The van der Waals surface area contributed by atoms with Crippen LogP contribution in [0.4, 0.5) is 0 Å². The Kier molecular flexibility index (Phi) is 10.1. The molecule has 35 heavy (non-hydrogen) atoms. The van der Waals surface area contributed by atoms with Gasteiger partial charge in [0, 0.05) is 13.1 Å². The maximum atomic E-state index is 13.6. The van der Waals surface area contributed by atoms with Gasteiger partial charge in [-0.2, -0.15) is 0 Å². The first kappa shape index (κ1) is 27.6. The average molecular weight is 492 g/mol. The highest BCUT2D eigenvalue weighted by atomic mass is 16.8. The van der Waals surface area contributed by atoms with Crippen LogP contribution in [0.3, 0.4) is 0 Å². The minimum Gasteiger partial charge on any atom is -0.466 e. The molecule has 8 heteroatoms. The standard InChI is InChI=1S/C27H41NO7/c1-5-32-24(29)22-13-15-23(16-14-22)34-27(28-17-9-10-18-28,25(30)35-26(2,3)4)33-20-31-19-21-11-7-6-8-12-21/h6-8,11-12,22-23H,5,9-10,13-20H2,1-4H3. The van der Waals surface area contributed by atoms with Crippen LogP contribution in [0.25, 0.3) is 0 Å². The van der Waals surface area contributed by atoms with Gasteiger partial charge in [0.25, 0.3) is 0 Å². The highest BCUT2D eigenvalue weighted by Crippen LogP contribution is 2.35. The number of rotatable bonds is 11. The molecule has 196 valence electrons. The smallest absolute Gasteiger partial charge is 0.384 e.